The molecule has 0 unspecified atom stereocenters. The van der Waals surface area contributed by atoms with Crippen LogP contribution in [-0.2, 0) is 11.3 Å². The lowest BCUT2D eigenvalue weighted by Gasteiger charge is -2.29. The van der Waals surface area contributed by atoms with Crippen LogP contribution in [0.3, 0.4) is 0 Å². The van der Waals surface area contributed by atoms with Crippen LogP contribution in [0.1, 0.15) is 25.9 Å². The summed E-state index contributed by atoms with van der Waals surface area (Å²) in [6.45, 7) is 1.76. The number of carboxylic acids is 1. The number of ether oxygens (including phenoxy) is 1. The highest BCUT2D eigenvalue weighted by molar-refractivity contribution is 7.09. The number of morpholine rings is 1. The Balaban J connectivity index is 1.83. The van der Waals surface area contributed by atoms with E-state index in [1.165, 1.54) is 23.6 Å². The molecule has 0 bridgehead atoms. The Kier molecular flexibility index (Phi) is 5.62. The first-order chi connectivity index (χ1) is 13.0. The molecule has 1 amide bonds. The number of anilines is 1. The summed E-state index contributed by atoms with van der Waals surface area (Å²) in [5.41, 5.74) is 0.204. The molecule has 27 heavy (non-hydrogen) atoms. The number of aromatic carboxylic acids is 1. The van der Waals surface area contributed by atoms with Gasteiger partial charge in [-0.3, -0.25) is 14.9 Å². The van der Waals surface area contributed by atoms with Crippen LogP contribution in [-0.4, -0.2) is 53.2 Å². The number of carbonyl (C=O) groups excluding carboxylic acids is 1. The molecule has 1 aliphatic heterocycles. The van der Waals surface area contributed by atoms with Crippen molar-refractivity contribution in [1.29, 1.82) is 0 Å². The average molecular weight is 392 g/mol. The van der Waals surface area contributed by atoms with E-state index in [9.17, 15) is 19.7 Å². The number of nitrogens with one attached hydrogen (secondary N) is 1. The quantitative estimate of drug-likeness (QED) is 0.558. The first-order valence-corrected chi connectivity index (χ1v) is 8.91. The molecule has 1 fully saturated rings. The molecular formula is C16H16N4O6S. The normalized spacial score (nSPS) is 14.0. The zero-order chi connectivity index (χ0) is 19.4. The molecular weight excluding hydrogens is 376 g/mol. The van der Waals surface area contributed by atoms with Gasteiger partial charge in [0.1, 0.15) is 10.7 Å². The Morgan fingerprint density at radius 3 is 2.74 bits per heavy atom. The van der Waals surface area contributed by atoms with Crippen LogP contribution in [0.2, 0.25) is 0 Å². The van der Waals surface area contributed by atoms with Gasteiger partial charge in [0.2, 0.25) is 0 Å². The second-order valence-electron chi connectivity index (χ2n) is 5.64. The molecule has 1 aromatic heterocycles. The molecule has 2 heterocycles. The number of hydrogen-bond donors (Lipinski definition) is 2. The minimum Gasteiger partial charge on any atom is -0.476 e. The lowest BCUT2D eigenvalue weighted by molar-refractivity contribution is -0.384. The highest BCUT2D eigenvalue weighted by atomic mass is 32.1. The molecule has 11 heteroatoms. The van der Waals surface area contributed by atoms with Crippen LogP contribution >= 0.6 is 11.3 Å². The molecule has 3 rings (SSSR count). The summed E-state index contributed by atoms with van der Waals surface area (Å²) in [5, 5.41) is 24.8. The monoisotopic (exact) mass is 392 g/mol. The van der Waals surface area contributed by atoms with Gasteiger partial charge in [-0.1, -0.05) is 6.07 Å². The Morgan fingerprint density at radius 2 is 2.11 bits per heavy atom. The summed E-state index contributed by atoms with van der Waals surface area (Å²) in [6, 6.07) is 4.35. The van der Waals surface area contributed by atoms with Crippen molar-refractivity contribution in [1.82, 2.24) is 10.3 Å². The average Bonchev–Trinajstić information content (AvgIpc) is 3.15. The summed E-state index contributed by atoms with van der Waals surface area (Å²) in [5.74, 6) is -1.63. The number of carboxylic acid groups (broad SMARTS) is 1. The molecule has 0 aliphatic carbocycles. The molecule has 2 N–H and O–H groups in total. The van der Waals surface area contributed by atoms with Gasteiger partial charge in [-0.15, -0.1) is 11.3 Å². The van der Waals surface area contributed by atoms with Gasteiger partial charge in [0, 0.05) is 24.5 Å². The first kappa shape index (κ1) is 18.7. The number of aromatic nitrogens is 1. The summed E-state index contributed by atoms with van der Waals surface area (Å²) < 4.78 is 5.28. The van der Waals surface area contributed by atoms with Crippen molar-refractivity contribution in [2.75, 3.05) is 31.2 Å². The van der Waals surface area contributed by atoms with Crippen molar-refractivity contribution in [2.45, 2.75) is 6.54 Å². The summed E-state index contributed by atoms with van der Waals surface area (Å²) in [4.78, 5) is 40.1. The zero-order valence-corrected chi connectivity index (χ0v) is 14.9. The number of nitro benzene ring substituents is 1. The highest BCUT2D eigenvalue weighted by Crippen LogP contribution is 2.32. The molecule has 0 saturated carbocycles. The van der Waals surface area contributed by atoms with Gasteiger partial charge in [-0.2, -0.15) is 0 Å². The number of thiazole rings is 1. The number of benzene rings is 1. The van der Waals surface area contributed by atoms with Crippen LogP contribution in [0.5, 0.6) is 0 Å². The van der Waals surface area contributed by atoms with Gasteiger partial charge in [-0.05, 0) is 6.07 Å². The van der Waals surface area contributed by atoms with Crippen molar-refractivity contribution in [3.63, 3.8) is 0 Å². The van der Waals surface area contributed by atoms with Crippen molar-refractivity contribution in [3.8, 4) is 0 Å². The lowest BCUT2D eigenvalue weighted by Crippen LogP contribution is -2.38. The maximum Gasteiger partial charge on any atom is 0.355 e. The zero-order valence-electron chi connectivity index (χ0n) is 14.1. The van der Waals surface area contributed by atoms with E-state index in [1.54, 1.807) is 4.90 Å². The standard InChI is InChI=1S/C16H16N4O6S/c21-15(17-8-13-18-11(9-27-13)16(22)23)10-2-1-3-12(20(24)25)14(10)19-4-6-26-7-5-19/h1-3,9H,4-8H2,(H,17,21)(H,22,23). The fourth-order valence-corrected chi connectivity index (χ4v) is 3.43. The Labute approximate surface area is 157 Å². The minimum absolute atomic E-state index is 0.0298. The van der Waals surface area contributed by atoms with Crippen LogP contribution in [0.15, 0.2) is 23.6 Å². The maximum atomic E-state index is 12.7. The van der Waals surface area contributed by atoms with Crippen molar-refractivity contribution in [3.05, 3.63) is 50.0 Å². The largest absolute Gasteiger partial charge is 0.476 e. The maximum absolute atomic E-state index is 12.7. The fraction of sp³-hybridized carbons (Fsp3) is 0.312. The predicted octanol–water partition coefficient (Wildman–Crippen LogP) is 1.52. The number of hydrogen-bond acceptors (Lipinski definition) is 8. The van der Waals surface area contributed by atoms with E-state index in [2.05, 4.69) is 10.3 Å². The fourth-order valence-electron chi connectivity index (χ4n) is 2.72. The Hall–Kier alpha value is -3.05. The molecule has 1 saturated heterocycles. The Morgan fingerprint density at radius 1 is 1.37 bits per heavy atom. The highest BCUT2D eigenvalue weighted by Gasteiger charge is 2.27. The number of nitro groups is 1. The third-order valence-corrected chi connectivity index (χ3v) is 4.80. The SMILES string of the molecule is O=C(O)c1csc(CNC(=O)c2cccc([N+](=O)[O-])c2N2CCOCC2)n1. The summed E-state index contributed by atoms with van der Waals surface area (Å²) in [6.07, 6.45) is 0. The van der Waals surface area contributed by atoms with Crippen LogP contribution in [0.4, 0.5) is 11.4 Å². The Bertz CT molecular complexity index is 878. The lowest BCUT2D eigenvalue weighted by atomic mass is 10.1. The molecule has 1 aromatic carbocycles. The smallest absolute Gasteiger partial charge is 0.355 e. The second-order valence-corrected chi connectivity index (χ2v) is 6.59. The van der Waals surface area contributed by atoms with Crippen LogP contribution in [0, 0.1) is 10.1 Å². The third-order valence-electron chi connectivity index (χ3n) is 3.95. The molecule has 0 radical (unpaired) electrons. The first-order valence-electron chi connectivity index (χ1n) is 8.03. The molecule has 0 spiro atoms. The summed E-state index contributed by atoms with van der Waals surface area (Å²) in [7, 11) is 0. The number of para-hydroxylation sites is 1. The number of rotatable bonds is 6. The predicted molar refractivity (Wildman–Crippen MR) is 96.4 cm³/mol. The van der Waals surface area contributed by atoms with Gasteiger partial charge in [0.25, 0.3) is 11.6 Å². The molecule has 1 aliphatic rings. The molecule has 142 valence electrons. The molecule has 2 aromatic rings. The van der Waals surface area contributed by atoms with Gasteiger partial charge >= 0.3 is 5.97 Å². The van der Waals surface area contributed by atoms with E-state index in [4.69, 9.17) is 9.84 Å². The third kappa shape index (κ3) is 4.20. The van der Waals surface area contributed by atoms with Gasteiger partial charge < -0.3 is 20.1 Å². The van der Waals surface area contributed by atoms with E-state index in [-0.39, 0.29) is 29.2 Å². The van der Waals surface area contributed by atoms with E-state index in [0.29, 0.717) is 31.3 Å². The number of carbonyl (C=O) groups is 2. The minimum atomic E-state index is -1.14. The number of amides is 1. The summed E-state index contributed by atoms with van der Waals surface area (Å²) >= 11 is 1.11. The molecule has 10 nitrogen and oxygen atoms in total. The van der Waals surface area contributed by atoms with Gasteiger partial charge in [-0.25, -0.2) is 9.78 Å². The van der Waals surface area contributed by atoms with Gasteiger partial charge in [0.15, 0.2) is 5.69 Å². The van der Waals surface area contributed by atoms with Crippen molar-refractivity contribution in [2.24, 2.45) is 0 Å². The van der Waals surface area contributed by atoms with Crippen molar-refractivity contribution < 1.29 is 24.4 Å². The van der Waals surface area contributed by atoms with Crippen LogP contribution in [0.25, 0.3) is 0 Å². The number of nitrogens with zero attached hydrogens (tertiary/aromatic N) is 3. The second kappa shape index (κ2) is 8.10. The van der Waals surface area contributed by atoms with E-state index in [1.807, 2.05) is 0 Å². The van der Waals surface area contributed by atoms with E-state index >= 15 is 0 Å². The van der Waals surface area contributed by atoms with E-state index < -0.39 is 16.8 Å². The molecule has 0 atom stereocenters. The van der Waals surface area contributed by atoms with Crippen LogP contribution < -0.4 is 10.2 Å². The van der Waals surface area contributed by atoms with Gasteiger partial charge in [0.05, 0.1) is 30.2 Å². The van der Waals surface area contributed by atoms with Crippen molar-refractivity contribution >= 4 is 34.6 Å². The van der Waals surface area contributed by atoms with E-state index in [0.717, 1.165) is 11.3 Å². The topological polar surface area (TPSA) is 135 Å².